The van der Waals surface area contributed by atoms with Crippen LogP contribution in [-0.4, -0.2) is 9.97 Å². The SMILES string of the molecule is Cc1nc(Cc2ccccc2Br)nc(C)c1CN. The molecule has 0 saturated heterocycles. The molecule has 4 heteroatoms. The summed E-state index contributed by atoms with van der Waals surface area (Å²) in [6.45, 7) is 4.47. The monoisotopic (exact) mass is 305 g/mol. The largest absolute Gasteiger partial charge is 0.326 e. The highest BCUT2D eigenvalue weighted by Gasteiger charge is 2.08. The van der Waals surface area contributed by atoms with Gasteiger partial charge in [-0.05, 0) is 25.5 Å². The zero-order chi connectivity index (χ0) is 13.1. The lowest BCUT2D eigenvalue weighted by atomic mass is 10.1. The quantitative estimate of drug-likeness (QED) is 0.948. The molecule has 94 valence electrons. The Morgan fingerprint density at radius 2 is 1.72 bits per heavy atom. The summed E-state index contributed by atoms with van der Waals surface area (Å²) in [6.07, 6.45) is 0.730. The first-order chi connectivity index (χ1) is 8.61. The van der Waals surface area contributed by atoms with E-state index in [4.69, 9.17) is 5.73 Å². The minimum absolute atomic E-state index is 0.493. The number of rotatable bonds is 3. The van der Waals surface area contributed by atoms with Crippen LogP contribution in [0.5, 0.6) is 0 Å². The molecular weight excluding hydrogens is 290 g/mol. The van der Waals surface area contributed by atoms with Crippen LogP contribution in [0.3, 0.4) is 0 Å². The van der Waals surface area contributed by atoms with E-state index in [1.807, 2.05) is 32.0 Å². The minimum atomic E-state index is 0.493. The van der Waals surface area contributed by atoms with Crippen LogP contribution in [0.4, 0.5) is 0 Å². The molecule has 0 bridgehead atoms. The van der Waals surface area contributed by atoms with Gasteiger partial charge in [0.15, 0.2) is 0 Å². The molecular formula is C14H16BrN3. The van der Waals surface area contributed by atoms with Crippen molar-refractivity contribution in [2.24, 2.45) is 5.73 Å². The van der Waals surface area contributed by atoms with Crippen molar-refractivity contribution in [2.45, 2.75) is 26.8 Å². The van der Waals surface area contributed by atoms with E-state index in [-0.39, 0.29) is 0 Å². The maximum Gasteiger partial charge on any atom is 0.133 e. The molecule has 3 nitrogen and oxygen atoms in total. The lowest BCUT2D eigenvalue weighted by Gasteiger charge is -2.09. The second kappa shape index (κ2) is 5.59. The minimum Gasteiger partial charge on any atom is -0.326 e. The number of aromatic nitrogens is 2. The number of nitrogens with zero attached hydrogens (tertiary/aromatic N) is 2. The molecule has 2 rings (SSSR count). The third-order valence-electron chi connectivity index (χ3n) is 2.98. The third-order valence-corrected chi connectivity index (χ3v) is 3.75. The van der Waals surface area contributed by atoms with Crippen molar-refractivity contribution in [3.8, 4) is 0 Å². The summed E-state index contributed by atoms with van der Waals surface area (Å²) in [4.78, 5) is 9.06. The molecule has 0 aliphatic heterocycles. The summed E-state index contributed by atoms with van der Waals surface area (Å²) in [7, 11) is 0. The topological polar surface area (TPSA) is 51.8 Å². The number of halogens is 1. The standard InChI is InChI=1S/C14H16BrN3/c1-9-12(8-16)10(2)18-14(17-9)7-11-5-3-4-6-13(11)15/h3-6H,7-8,16H2,1-2H3. The molecule has 0 unspecified atom stereocenters. The highest BCUT2D eigenvalue weighted by Crippen LogP contribution is 2.19. The van der Waals surface area contributed by atoms with Gasteiger partial charge >= 0.3 is 0 Å². The second-order valence-corrected chi connectivity index (χ2v) is 5.12. The van der Waals surface area contributed by atoms with E-state index < -0.39 is 0 Å². The van der Waals surface area contributed by atoms with Crippen LogP contribution in [0, 0.1) is 13.8 Å². The second-order valence-electron chi connectivity index (χ2n) is 4.26. The Balaban J connectivity index is 2.34. The van der Waals surface area contributed by atoms with E-state index in [0.29, 0.717) is 6.54 Å². The predicted octanol–water partition coefficient (Wildman–Crippen LogP) is 2.91. The van der Waals surface area contributed by atoms with Gasteiger partial charge in [0.25, 0.3) is 0 Å². The van der Waals surface area contributed by atoms with E-state index in [1.165, 1.54) is 5.56 Å². The van der Waals surface area contributed by atoms with Crippen LogP contribution >= 0.6 is 15.9 Å². The molecule has 2 aromatic rings. The van der Waals surface area contributed by atoms with Gasteiger partial charge in [0.05, 0.1) is 0 Å². The first-order valence-corrected chi connectivity index (χ1v) is 6.67. The molecule has 0 radical (unpaired) electrons. The molecule has 1 heterocycles. The molecule has 1 aromatic heterocycles. The van der Waals surface area contributed by atoms with Gasteiger partial charge in [-0.3, -0.25) is 0 Å². The van der Waals surface area contributed by atoms with E-state index >= 15 is 0 Å². The van der Waals surface area contributed by atoms with Crippen molar-refractivity contribution >= 4 is 15.9 Å². The van der Waals surface area contributed by atoms with Crippen LogP contribution in [0.2, 0.25) is 0 Å². The van der Waals surface area contributed by atoms with E-state index in [0.717, 1.165) is 33.7 Å². The molecule has 0 fully saturated rings. The van der Waals surface area contributed by atoms with E-state index in [1.54, 1.807) is 0 Å². The van der Waals surface area contributed by atoms with Crippen LogP contribution < -0.4 is 5.73 Å². The first-order valence-electron chi connectivity index (χ1n) is 5.88. The maximum absolute atomic E-state index is 5.69. The zero-order valence-corrected chi connectivity index (χ0v) is 12.2. The van der Waals surface area contributed by atoms with Crippen molar-refractivity contribution < 1.29 is 0 Å². The molecule has 18 heavy (non-hydrogen) atoms. The van der Waals surface area contributed by atoms with Crippen LogP contribution in [0.15, 0.2) is 28.7 Å². The third kappa shape index (κ3) is 2.76. The van der Waals surface area contributed by atoms with Gasteiger partial charge in [-0.15, -0.1) is 0 Å². The van der Waals surface area contributed by atoms with Crippen molar-refractivity contribution in [1.29, 1.82) is 0 Å². The highest BCUT2D eigenvalue weighted by atomic mass is 79.9. The van der Waals surface area contributed by atoms with E-state index in [9.17, 15) is 0 Å². The fourth-order valence-electron chi connectivity index (χ4n) is 2.00. The maximum atomic E-state index is 5.69. The number of hydrogen-bond acceptors (Lipinski definition) is 3. The summed E-state index contributed by atoms with van der Waals surface area (Å²) in [6, 6.07) is 8.13. The van der Waals surface area contributed by atoms with Crippen LogP contribution in [0.25, 0.3) is 0 Å². The fraction of sp³-hybridized carbons (Fsp3) is 0.286. The Kier molecular flexibility index (Phi) is 4.09. The number of hydrogen-bond donors (Lipinski definition) is 1. The van der Waals surface area contributed by atoms with Gasteiger partial charge in [-0.1, -0.05) is 34.1 Å². The molecule has 0 atom stereocenters. The Bertz CT molecular complexity index is 544. The lowest BCUT2D eigenvalue weighted by molar-refractivity contribution is 0.866. The number of benzene rings is 1. The zero-order valence-electron chi connectivity index (χ0n) is 10.6. The summed E-state index contributed by atoms with van der Waals surface area (Å²) >= 11 is 3.54. The number of nitrogens with two attached hydrogens (primary N) is 1. The smallest absolute Gasteiger partial charge is 0.133 e. The van der Waals surface area contributed by atoms with Gasteiger partial charge in [0.1, 0.15) is 5.82 Å². The Morgan fingerprint density at radius 3 is 2.28 bits per heavy atom. The van der Waals surface area contributed by atoms with Crippen molar-refractivity contribution in [3.05, 3.63) is 57.1 Å². The average Bonchev–Trinajstić information content (AvgIpc) is 2.32. The fourth-order valence-corrected chi connectivity index (χ4v) is 2.42. The summed E-state index contributed by atoms with van der Waals surface area (Å²) in [5.74, 6) is 0.842. The summed E-state index contributed by atoms with van der Waals surface area (Å²) < 4.78 is 1.09. The summed E-state index contributed by atoms with van der Waals surface area (Å²) in [5.41, 5.74) is 9.89. The lowest BCUT2D eigenvalue weighted by Crippen LogP contribution is -2.09. The van der Waals surface area contributed by atoms with Gasteiger partial charge in [-0.2, -0.15) is 0 Å². The van der Waals surface area contributed by atoms with Crippen LogP contribution in [-0.2, 0) is 13.0 Å². The molecule has 0 aliphatic carbocycles. The Labute approximate surface area is 116 Å². The normalized spacial score (nSPS) is 10.7. The first kappa shape index (κ1) is 13.2. The molecule has 0 aliphatic rings. The molecule has 0 spiro atoms. The highest BCUT2D eigenvalue weighted by molar-refractivity contribution is 9.10. The van der Waals surface area contributed by atoms with Crippen LogP contribution in [0.1, 0.15) is 28.3 Å². The van der Waals surface area contributed by atoms with Gasteiger partial charge < -0.3 is 5.73 Å². The van der Waals surface area contributed by atoms with Crippen molar-refractivity contribution in [2.75, 3.05) is 0 Å². The van der Waals surface area contributed by atoms with Crippen molar-refractivity contribution in [3.63, 3.8) is 0 Å². The van der Waals surface area contributed by atoms with Crippen molar-refractivity contribution in [1.82, 2.24) is 9.97 Å². The molecule has 1 aromatic carbocycles. The van der Waals surface area contributed by atoms with Gasteiger partial charge in [0, 0.05) is 34.4 Å². The Morgan fingerprint density at radius 1 is 1.11 bits per heavy atom. The van der Waals surface area contributed by atoms with Gasteiger partial charge in [0.2, 0.25) is 0 Å². The molecule has 0 saturated carbocycles. The van der Waals surface area contributed by atoms with E-state index in [2.05, 4.69) is 32.0 Å². The average molecular weight is 306 g/mol. The summed E-state index contributed by atoms with van der Waals surface area (Å²) in [5, 5.41) is 0. The number of aryl methyl sites for hydroxylation is 2. The molecule has 2 N–H and O–H groups in total. The predicted molar refractivity (Wildman–Crippen MR) is 76.3 cm³/mol. The Hall–Kier alpha value is -1.26. The molecule has 0 amide bonds. The van der Waals surface area contributed by atoms with Gasteiger partial charge in [-0.25, -0.2) is 9.97 Å².